The highest BCUT2D eigenvalue weighted by atomic mass is 16.5. The summed E-state index contributed by atoms with van der Waals surface area (Å²) in [6, 6.07) is 2.45. The fourth-order valence-electron chi connectivity index (χ4n) is 2.94. The second-order valence-electron chi connectivity index (χ2n) is 6.09. The zero-order chi connectivity index (χ0) is 16.0. The van der Waals surface area contributed by atoms with E-state index in [-0.39, 0.29) is 0 Å². The highest BCUT2D eigenvalue weighted by Crippen LogP contribution is 2.25. The van der Waals surface area contributed by atoms with Crippen LogP contribution in [0.3, 0.4) is 0 Å². The normalized spacial score (nSPS) is 15.6. The van der Waals surface area contributed by atoms with Crippen molar-refractivity contribution in [2.75, 3.05) is 25.0 Å². The lowest BCUT2D eigenvalue weighted by Gasteiger charge is -2.44. The maximum atomic E-state index is 5.12. The Morgan fingerprint density at radius 3 is 2.87 bits per heavy atom. The smallest absolute Gasteiger partial charge is 0.203 e. The van der Waals surface area contributed by atoms with E-state index in [4.69, 9.17) is 4.52 Å². The van der Waals surface area contributed by atoms with Gasteiger partial charge < -0.3 is 9.42 Å². The highest BCUT2D eigenvalue weighted by Gasteiger charge is 2.32. The van der Waals surface area contributed by atoms with Crippen LogP contribution in [0.15, 0.2) is 23.0 Å². The van der Waals surface area contributed by atoms with Crippen LogP contribution in [0.5, 0.6) is 0 Å². The zero-order valence-electron chi connectivity index (χ0n) is 13.5. The molecule has 0 saturated carbocycles. The molecule has 0 spiro atoms. The topological polar surface area (TPSA) is 75.6 Å². The molecule has 1 aliphatic rings. The average molecular weight is 313 g/mol. The summed E-state index contributed by atoms with van der Waals surface area (Å²) in [6.45, 7) is 6.49. The van der Waals surface area contributed by atoms with Gasteiger partial charge in [0.05, 0.1) is 5.69 Å². The van der Waals surface area contributed by atoms with Crippen molar-refractivity contribution in [1.82, 2.24) is 29.6 Å². The molecule has 1 aliphatic heterocycles. The van der Waals surface area contributed by atoms with E-state index in [2.05, 4.69) is 37.2 Å². The first-order valence-corrected chi connectivity index (χ1v) is 7.65. The SMILES string of the molecule is Cc1cc(CN(C)C2CN(c3nccn4c(C)nnc34)C2)no1. The summed E-state index contributed by atoms with van der Waals surface area (Å²) in [7, 11) is 2.11. The predicted molar refractivity (Wildman–Crippen MR) is 84.2 cm³/mol. The van der Waals surface area contributed by atoms with Gasteiger partial charge in [-0.1, -0.05) is 5.16 Å². The number of aryl methyl sites for hydroxylation is 2. The van der Waals surface area contributed by atoms with Gasteiger partial charge in [-0.3, -0.25) is 9.30 Å². The van der Waals surface area contributed by atoms with Crippen LogP contribution in [0.1, 0.15) is 17.3 Å². The maximum Gasteiger partial charge on any atom is 0.203 e. The third-order valence-corrected chi connectivity index (χ3v) is 4.35. The quantitative estimate of drug-likeness (QED) is 0.712. The van der Waals surface area contributed by atoms with Gasteiger partial charge in [0.2, 0.25) is 5.65 Å². The fraction of sp³-hybridized carbons (Fsp3) is 0.467. The van der Waals surface area contributed by atoms with Crippen LogP contribution in [-0.2, 0) is 6.54 Å². The fourth-order valence-corrected chi connectivity index (χ4v) is 2.94. The summed E-state index contributed by atoms with van der Waals surface area (Å²) >= 11 is 0. The Morgan fingerprint density at radius 1 is 1.30 bits per heavy atom. The first kappa shape index (κ1) is 14.1. The lowest BCUT2D eigenvalue weighted by Crippen LogP contribution is -2.58. The van der Waals surface area contributed by atoms with Crippen LogP contribution in [0, 0.1) is 13.8 Å². The molecule has 0 aromatic carbocycles. The van der Waals surface area contributed by atoms with Crippen molar-refractivity contribution in [1.29, 1.82) is 0 Å². The van der Waals surface area contributed by atoms with Crippen LogP contribution in [0.25, 0.3) is 5.65 Å². The van der Waals surface area contributed by atoms with Crippen LogP contribution < -0.4 is 4.90 Å². The second kappa shape index (κ2) is 5.31. The molecule has 0 aliphatic carbocycles. The largest absolute Gasteiger partial charge is 0.361 e. The van der Waals surface area contributed by atoms with Gasteiger partial charge >= 0.3 is 0 Å². The zero-order valence-corrected chi connectivity index (χ0v) is 13.5. The molecule has 1 saturated heterocycles. The van der Waals surface area contributed by atoms with Gasteiger partial charge in [-0.05, 0) is 20.9 Å². The lowest BCUT2D eigenvalue weighted by atomic mass is 10.1. The van der Waals surface area contributed by atoms with E-state index in [0.29, 0.717) is 6.04 Å². The molecule has 0 radical (unpaired) electrons. The molecule has 4 heterocycles. The molecule has 0 N–H and O–H groups in total. The number of hydrogen-bond donors (Lipinski definition) is 0. The molecule has 4 rings (SSSR count). The molecule has 0 unspecified atom stereocenters. The van der Waals surface area contributed by atoms with Gasteiger partial charge in [-0.2, -0.15) is 0 Å². The van der Waals surface area contributed by atoms with Gasteiger partial charge in [0.25, 0.3) is 0 Å². The number of aromatic nitrogens is 5. The molecular formula is C15H19N7O. The van der Waals surface area contributed by atoms with E-state index in [1.165, 1.54) is 0 Å². The summed E-state index contributed by atoms with van der Waals surface area (Å²) in [5, 5.41) is 12.4. The minimum Gasteiger partial charge on any atom is -0.361 e. The van der Waals surface area contributed by atoms with E-state index in [1.807, 2.05) is 30.5 Å². The third kappa shape index (κ3) is 2.44. The molecule has 0 bridgehead atoms. The second-order valence-corrected chi connectivity index (χ2v) is 6.09. The Labute approximate surface area is 133 Å². The van der Waals surface area contributed by atoms with Gasteiger partial charge in [-0.25, -0.2) is 4.98 Å². The molecule has 120 valence electrons. The van der Waals surface area contributed by atoms with Crippen molar-refractivity contribution in [3.05, 3.63) is 35.7 Å². The monoisotopic (exact) mass is 313 g/mol. The van der Waals surface area contributed by atoms with Crippen molar-refractivity contribution in [2.24, 2.45) is 0 Å². The summed E-state index contributed by atoms with van der Waals surface area (Å²) in [5.74, 6) is 2.62. The van der Waals surface area contributed by atoms with Crippen LogP contribution >= 0.6 is 0 Å². The molecule has 0 amide bonds. The van der Waals surface area contributed by atoms with Gasteiger partial charge in [0.1, 0.15) is 11.6 Å². The first-order chi connectivity index (χ1) is 11.1. The molecular weight excluding hydrogens is 294 g/mol. The summed E-state index contributed by atoms with van der Waals surface area (Å²) in [6.07, 6.45) is 3.69. The lowest BCUT2D eigenvalue weighted by molar-refractivity contribution is 0.192. The standard InChI is InChI=1S/C15H19N7O/c1-10-6-12(19-23-10)7-20(3)13-8-21(9-13)14-15-18-17-11(2)22(15)5-4-16-14/h4-6,13H,7-9H2,1-3H3. The third-order valence-electron chi connectivity index (χ3n) is 4.35. The van der Waals surface area contributed by atoms with Crippen molar-refractivity contribution in [3.8, 4) is 0 Å². The Bertz CT molecular complexity index is 833. The van der Waals surface area contributed by atoms with E-state index >= 15 is 0 Å². The Balaban J connectivity index is 1.44. The van der Waals surface area contributed by atoms with Gasteiger partial charge in [0, 0.05) is 44.1 Å². The molecule has 1 fully saturated rings. The minimum atomic E-state index is 0.470. The Hall–Kier alpha value is -2.48. The van der Waals surface area contributed by atoms with E-state index < -0.39 is 0 Å². The molecule has 8 heteroatoms. The number of fused-ring (bicyclic) bond motifs is 1. The van der Waals surface area contributed by atoms with E-state index in [9.17, 15) is 0 Å². The molecule has 3 aromatic rings. The molecule has 8 nitrogen and oxygen atoms in total. The van der Waals surface area contributed by atoms with Gasteiger partial charge in [-0.15, -0.1) is 10.2 Å². The summed E-state index contributed by atoms with van der Waals surface area (Å²) < 4.78 is 7.09. The predicted octanol–water partition coefficient (Wildman–Crippen LogP) is 1.05. The number of likely N-dealkylation sites (N-methyl/N-ethyl adjacent to an activating group) is 1. The summed E-state index contributed by atoms with van der Waals surface area (Å²) in [4.78, 5) is 9.01. The molecule has 23 heavy (non-hydrogen) atoms. The van der Waals surface area contributed by atoms with E-state index in [1.54, 1.807) is 6.20 Å². The van der Waals surface area contributed by atoms with Crippen LogP contribution in [0.2, 0.25) is 0 Å². The number of hydrogen-bond acceptors (Lipinski definition) is 7. The summed E-state index contributed by atoms with van der Waals surface area (Å²) in [5.41, 5.74) is 1.79. The van der Waals surface area contributed by atoms with Gasteiger partial charge in [0.15, 0.2) is 5.82 Å². The average Bonchev–Trinajstić information content (AvgIpc) is 3.05. The number of rotatable bonds is 4. The first-order valence-electron chi connectivity index (χ1n) is 7.65. The van der Waals surface area contributed by atoms with Crippen molar-refractivity contribution >= 4 is 11.5 Å². The molecule has 0 atom stereocenters. The minimum absolute atomic E-state index is 0.470. The Kier molecular flexibility index (Phi) is 3.26. The van der Waals surface area contributed by atoms with E-state index in [0.717, 1.165) is 48.4 Å². The van der Waals surface area contributed by atoms with Crippen molar-refractivity contribution in [2.45, 2.75) is 26.4 Å². The Morgan fingerprint density at radius 2 is 2.13 bits per heavy atom. The van der Waals surface area contributed by atoms with Crippen LogP contribution in [-0.4, -0.2) is 55.8 Å². The number of nitrogens with zero attached hydrogens (tertiary/aromatic N) is 7. The van der Waals surface area contributed by atoms with Crippen molar-refractivity contribution < 1.29 is 4.52 Å². The number of anilines is 1. The van der Waals surface area contributed by atoms with Crippen LogP contribution in [0.4, 0.5) is 5.82 Å². The maximum absolute atomic E-state index is 5.12. The highest BCUT2D eigenvalue weighted by molar-refractivity contribution is 5.65. The molecule has 3 aromatic heterocycles. The van der Waals surface area contributed by atoms with Crippen molar-refractivity contribution in [3.63, 3.8) is 0 Å².